The van der Waals surface area contributed by atoms with Crippen LogP contribution in [-0.2, 0) is 13.0 Å². The van der Waals surface area contributed by atoms with Crippen molar-refractivity contribution < 1.29 is 5.11 Å². The molecule has 0 saturated carbocycles. The normalized spacial score (nSPS) is 15.8. The van der Waals surface area contributed by atoms with Crippen molar-refractivity contribution in [2.24, 2.45) is 0 Å². The highest BCUT2D eigenvalue weighted by Crippen LogP contribution is 2.19. The largest absolute Gasteiger partial charge is 0.393 e. The van der Waals surface area contributed by atoms with Gasteiger partial charge in [0.05, 0.1) is 23.4 Å². The molecule has 0 aliphatic carbocycles. The predicted molar refractivity (Wildman–Crippen MR) is 92.9 cm³/mol. The molecule has 1 aliphatic heterocycles. The third-order valence-electron chi connectivity index (χ3n) is 3.92. The number of aryl methyl sites for hydroxylation is 1. The molecule has 124 valence electrons. The third-order valence-corrected chi connectivity index (χ3v) is 4.88. The summed E-state index contributed by atoms with van der Waals surface area (Å²) in [6.45, 7) is 4.48. The second-order valence-electron chi connectivity index (χ2n) is 5.79. The van der Waals surface area contributed by atoms with Gasteiger partial charge in [0.2, 0.25) is 5.95 Å². The molecule has 0 unspecified atom stereocenters. The maximum absolute atomic E-state index is 9.60. The maximum Gasteiger partial charge on any atom is 0.224 e. The van der Waals surface area contributed by atoms with E-state index in [1.54, 1.807) is 17.5 Å². The van der Waals surface area contributed by atoms with E-state index in [9.17, 15) is 5.11 Å². The highest BCUT2D eigenvalue weighted by atomic mass is 32.1. The second-order valence-corrected chi connectivity index (χ2v) is 6.74. The molecule has 0 aromatic carbocycles. The first kappa shape index (κ1) is 16.1. The van der Waals surface area contributed by atoms with E-state index in [4.69, 9.17) is 0 Å². The first-order chi connectivity index (χ1) is 11.2. The van der Waals surface area contributed by atoms with Gasteiger partial charge in [-0.3, -0.25) is 0 Å². The van der Waals surface area contributed by atoms with Crippen molar-refractivity contribution in [2.75, 3.05) is 23.3 Å². The number of aliphatic hydroxyl groups excluding tert-OH is 1. The molecule has 2 aromatic rings. The van der Waals surface area contributed by atoms with Crippen LogP contribution in [0.1, 0.15) is 36.9 Å². The molecule has 1 aliphatic rings. The van der Waals surface area contributed by atoms with Crippen LogP contribution >= 0.6 is 11.3 Å². The van der Waals surface area contributed by atoms with Crippen LogP contribution in [0.2, 0.25) is 0 Å². The van der Waals surface area contributed by atoms with E-state index in [1.807, 2.05) is 6.07 Å². The van der Waals surface area contributed by atoms with Gasteiger partial charge in [0.1, 0.15) is 5.82 Å². The molecule has 0 radical (unpaired) electrons. The Bertz CT molecular complexity index is 624. The van der Waals surface area contributed by atoms with Crippen molar-refractivity contribution in [3.63, 3.8) is 0 Å². The van der Waals surface area contributed by atoms with Crippen LogP contribution in [0.3, 0.4) is 0 Å². The van der Waals surface area contributed by atoms with Crippen molar-refractivity contribution in [1.82, 2.24) is 15.0 Å². The Morgan fingerprint density at radius 2 is 2.17 bits per heavy atom. The predicted octanol–water partition coefficient (Wildman–Crippen LogP) is 2.46. The maximum atomic E-state index is 9.60. The summed E-state index contributed by atoms with van der Waals surface area (Å²) in [5, 5.41) is 16.1. The fraction of sp³-hybridized carbons (Fsp3) is 0.562. The third kappa shape index (κ3) is 4.39. The molecule has 23 heavy (non-hydrogen) atoms. The quantitative estimate of drug-likeness (QED) is 0.846. The van der Waals surface area contributed by atoms with Crippen LogP contribution in [0, 0.1) is 0 Å². The summed E-state index contributed by atoms with van der Waals surface area (Å²) in [6.07, 6.45) is 5.36. The van der Waals surface area contributed by atoms with Crippen LogP contribution in [0.25, 0.3) is 0 Å². The fourth-order valence-corrected chi connectivity index (χ4v) is 3.53. The molecular formula is C16H23N5OS. The van der Waals surface area contributed by atoms with Crippen molar-refractivity contribution >= 4 is 23.1 Å². The number of hydrogen-bond donors (Lipinski definition) is 2. The van der Waals surface area contributed by atoms with Crippen LogP contribution in [0.5, 0.6) is 0 Å². The highest BCUT2D eigenvalue weighted by molar-refractivity contribution is 7.09. The van der Waals surface area contributed by atoms with Crippen LogP contribution in [0.4, 0.5) is 11.8 Å². The lowest BCUT2D eigenvalue weighted by Gasteiger charge is -2.30. The number of nitrogens with one attached hydrogen (secondary N) is 1. The molecule has 0 amide bonds. The number of hydrogen-bond acceptors (Lipinski definition) is 7. The molecule has 2 N–H and O–H groups in total. The molecule has 0 spiro atoms. The summed E-state index contributed by atoms with van der Waals surface area (Å²) in [4.78, 5) is 15.7. The Morgan fingerprint density at radius 3 is 2.96 bits per heavy atom. The van der Waals surface area contributed by atoms with Crippen molar-refractivity contribution in [2.45, 2.75) is 45.3 Å². The summed E-state index contributed by atoms with van der Waals surface area (Å²) >= 11 is 1.71. The van der Waals surface area contributed by atoms with E-state index in [1.165, 1.54) is 5.01 Å². The lowest BCUT2D eigenvalue weighted by molar-refractivity contribution is 0.145. The zero-order valence-corrected chi connectivity index (χ0v) is 14.2. The van der Waals surface area contributed by atoms with E-state index in [0.29, 0.717) is 12.5 Å². The van der Waals surface area contributed by atoms with E-state index in [0.717, 1.165) is 50.3 Å². The number of aromatic nitrogens is 3. The number of piperidine rings is 1. The highest BCUT2D eigenvalue weighted by Gasteiger charge is 2.18. The zero-order chi connectivity index (χ0) is 16.1. The average Bonchev–Trinajstić information content (AvgIpc) is 3.02. The van der Waals surface area contributed by atoms with E-state index < -0.39 is 0 Å². The first-order valence-corrected chi connectivity index (χ1v) is 9.05. The molecule has 3 rings (SSSR count). The number of aliphatic hydroxyl groups is 1. The lowest BCUT2D eigenvalue weighted by atomic mass is 10.1. The standard InChI is InChI=1S/C16H23N5OS/c1-2-3-15-19-12(11-23-15)10-18-16-17-7-4-14(20-16)21-8-5-13(22)6-9-21/h4,7,11,13,22H,2-3,5-6,8-10H2,1H3,(H,17,18,20). The van der Waals surface area contributed by atoms with E-state index in [-0.39, 0.29) is 6.10 Å². The Balaban J connectivity index is 1.58. The van der Waals surface area contributed by atoms with Gasteiger partial charge >= 0.3 is 0 Å². The Kier molecular flexibility index (Phi) is 5.40. The zero-order valence-electron chi connectivity index (χ0n) is 13.4. The van der Waals surface area contributed by atoms with Gasteiger partial charge in [-0.05, 0) is 31.7 Å². The fourth-order valence-electron chi connectivity index (χ4n) is 2.63. The number of rotatable bonds is 6. The van der Waals surface area contributed by atoms with Gasteiger partial charge < -0.3 is 15.3 Å². The van der Waals surface area contributed by atoms with Gasteiger partial charge in [-0.25, -0.2) is 9.97 Å². The summed E-state index contributed by atoms with van der Waals surface area (Å²) < 4.78 is 0. The number of anilines is 2. The minimum Gasteiger partial charge on any atom is -0.393 e. The molecule has 3 heterocycles. The Labute approximate surface area is 140 Å². The molecule has 1 fully saturated rings. The molecule has 0 bridgehead atoms. The topological polar surface area (TPSA) is 74.2 Å². The number of nitrogens with zero attached hydrogens (tertiary/aromatic N) is 4. The Morgan fingerprint density at radius 1 is 1.35 bits per heavy atom. The molecule has 2 aromatic heterocycles. The Hall–Kier alpha value is -1.73. The monoisotopic (exact) mass is 333 g/mol. The molecule has 7 heteroatoms. The molecular weight excluding hydrogens is 310 g/mol. The molecule has 6 nitrogen and oxygen atoms in total. The van der Waals surface area contributed by atoms with Crippen LogP contribution < -0.4 is 10.2 Å². The van der Waals surface area contributed by atoms with Crippen molar-refractivity contribution in [3.05, 3.63) is 28.3 Å². The van der Waals surface area contributed by atoms with Gasteiger partial charge in [0.25, 0.3) is 0 Å². The van der Waals surface area contributed by atoms with Crippen LogP contribution in [-0.4, -0.2) is 39.3 Å². The van der Waals surface area contributed by atoms with Gasteiger partial charge in [-0.15, -0.1) is 11.3 Å². The minimum absolute atomic E-state index is 0.173. The van der Waals surface area contributed by atoms with Gasteiger partial charge in [0.15, 0.2) is 0 Å². The van der Waals surface area contributed by atoms with Crippen molar-refractivity contribution in [3.8, 4) is 0 Å². The summed E-state index contributed by atoms with van der Waals surface area (Å²) in [6, 6.07) is 1.92. The van der Waals surface area contributed by atoms with E-state index >= 15 is 0 Å². The van der Waals surface area contributed by atoms with Crippen molar-refractivity contribution in [1.29, 1.82) is 0 Å². The SMILES string of the molecule is CCCc1nc(CNc2nccc(N3CCC(O)CC3)n2)cs1. The summed E-state index contributed by atoms with van der Waals surface area (Å²) in [5.41, 5.74) is 1.04. The summed E-state index contributed by atoms with van der Waals surface area (Å²) in [5.74, 6) is 1.54. The lowest BCUT2D eigenvalue weighted by Crippen LogP contribution is -2.36. The average molecular weight is 333 g/mol. The van der Waals surface area contributed by atoms with Gasteiger partial charge in [-0.1, -0.05) is 6.92 Å². The first-order valence-electron chi connectivity index (χ1n) is 8.18. The smallest absolute Gasteiger partial charge is 0.224 e. The summed E-state index contributed by atoms with van der Waals surface area (Å²) in [7, 11) is 0. The van der Waals surface area contributed by atoms with Gasteiger partial charge in [-0.2, -0.15) is 4.98 Å². The van der Waals surface area contributed by atoms with E-state index in [2.05, 4.69) is 37.5 Å². The molecule has 0 atom stereocenters. The second kappa shape index (κ2) is 7.70. The van der Waals surface area contributed by atoms with Gasteiger partial charge in [0, 0.05) is 24.7 Å². The minimum atomic E-state index is -0.173. The van der Waals surface area contributed by atoms with Crippen LogP contribution in [0.15, 0.2) is 17.6 Å². The molecule has 1 saturated heterocycles. The number of thiazole rings is 1.